The average Bonchev–Trinajstić information content (AvgIpc) is 2.55. The molecule has 0 fully saturated rings. The van der Waals surface area contributed by atoms with Gasteiger partial charge in [0.2, 0.25) is 0 Å². The van der Waals surface area contributed by atoms with Crippen molar-refractivity contribution in [2.75, 3.05) is 10.3 Å². The SMILES string of the molecule is O=NN(O)c1ccccc1.O=NN(O)c1ccccc1.[Co]. The molecule has 9 heteroatoms. The second-order valence-electron chi connectivity index (χ2n) is 3.41. The summed E-state index contributed by atoms with van der Waals surface area (Å²) < 4.78 is 0. The van der Waals surface area contributed by atoms with Crippen LogP contribution in [0.3, 0.4) is 0 Å². The second kappa shape index (κ2) is 10.5. The molecule has 0 saturated carbocycles. The van der Waals surface area contributed by atoms with Crippen LogP contribution in [-0.4, -0.2) is 10.4 Å². The predicted molar refractivity (Wildman–Crippen MR) is 73.0 cm³/mol. The quantitative estimate of drug-likeness (QED) is 0.657. The monoisotopic (exact) mass is 335 g/mol. The summed E-state index contributed by atoms with van der Waals surface area (Å²) in [6.45, 7) is 0. The maximum absolute atomic E-state index is 9.73. The van der Waals surface area contributed by atoms with Gasteiger partial charge in [-0.3, -0.25) is 10.4 Å². The zero-order chi connectivity index (χ0) is 14.8. The maximum Gasteiger partial charge on any atom is 0.0932 e. The van der Waals surface area contributed by atoms with Crippen LogP contribution in [0, 0.1) is 9.81 Å². The van der Waals surface area contributed by atoms with Crippen molar-refractivity contribution in [3.63, 3.8) is 0 Å². The fraction of sp³-hybridized carbons (Fsp3) is 0. The molecule has 8 nitrogen and oxygen atoms in total. The van der Waals surface area contributed by atoms with Crippen molar-refractivity contribution in [2.24, 2.45) is 10.6 Å². The Morgan fingerprint density at radius 2 is 0.952 bits per heavy atom. The Morgan fingerprint density at radius 3 is 1.19 bits per heavy atom. The smallest absolute Gasteiger partial charge is 0.0932 e. The molecule has 0 aromatic heterocycles. The van der Waals surface area contributed by atoms with E-state index in [4.69, 9.17) is 10.4 Å². The van der Waals surface area contributed by atoms with Gasteiger partial charge in [0.25, 0.3) is 0 Å². The minimum Gasteiger partial charge on any atom is -0.265 e. The summed E-state index contributed by atoms with van der Waals surface area (Å²) >= 11 is 0. The standard InChI is InChI=1S/2C6H6N2O2.Co/c2*9-7-8(10)6-4-2-1-3-5-6;/h2*1-5,10H;. The topological polar surface area (TPSA) is 106 Å². The van der Waals surface area contributed by atoms with Gasteiger partial charge in [0.1, 0.15) is 0 Å². The molecule has 0 heterocycles. The largest absolute Gasteiger partial charge is 0.265 e. The number of anilines is 2. The second-order valence-corrected chi connectivity index (χ2v) is 3.41. The van der Waals surface area contributed by atoms with Gasteiger partial charge in [-0.2, -0.15) is 0 Å². The Labute approximate surface area is 130 Å². The third kappa shape index (κ3) is 6.58. The van der Waals surface area contributed by atoms with E-state index in [2.05, 4.69) is 10.6 Å². The van der Waals surface area contributed by atoms with Crippen molar-refractivity contribution in [3.8, 4) is 0 Å². The van der Waals surface area contributed by atoms with Crippen molar-refractivity contribution >= 4 is 11.4 Å². The van der Waals surface area contributed by atoms with E-state index < -0.39 is 0 Å². The molecule has 0 bridgehead atoms. The Kier molecular flexibility index (Phi) is 9.29. The fourth-order valence-corrected chi connectivity index (χ4v) is 1.22. The first-order valence-electron chi connectivity index (χ1n) is 5.43. The van der Waals surface area contributed by atoms with Gasteiger partial charge in [0.05, 0.1) is 21.9 Å². The first-order valence-corrected chi connectivity index (χ1v) is 5.43. The number of para-hydroxylation sites is 2. The predicted octanol–water partition coefficient (Wildman–Crippen LogP) is 3.12. The molecule has 0 aliphatic carbocycles. The fourth-order valence-electron chi connectivity index (χ4n) is 1.22. The van der Waals surface area contributed by atoms with Gasteiger partial charge in [0.15, 0.2) is 0 Å². The third-order valence-electron chi connectivity index (χ3n) is 2.13. The van der Waals surface area contributed by atoms with Crippen LogP contribution in [0.15, 0.2) is 71.2 Å². The Bertz CT molecular complexity index is 480. The number of benzene rings is 2. The molecule has 0 spiro atoms. The molecular formula is C12H12CoN4O4. The van der Waals surface area contributed by atoms with Crippen molar-refractivity contribution in [2.45, 2.75) is 0 Å². The van der Waals surface area contributed by atoms with E-state index >= 15 is 0 Å². The van der Waals surface area contributed by atoms with Crippen molar-refractivity contribution < 1.29 is 27.2 Å². The molecule has 1 radical (unpaired) electrons. The van der Waals surface area contributed by atoms with Crippen LogP contribution >= 0.6 is 0 Å². The molecule has 2 aromatic carbocycles. The molecule has 21 heavy (non-hydrogen) atoms. The van der Waals surface area contributed by atoms with Crippen molar-refractivity contribution in [1.82, 2.24) is 0 Å². The minimum atomic E-state index is 0. The summed E-state index contributed by atoms with van der Waals surface area (Å²) in [5.41, 5.74) is 0.718. The first-order chi connectivity index (χ1) is 9.69. The van der Waals surface area contributed by atoms with E-state index in [0.717, 1.165) is 0 Å². The normalized spacial score (nSPS) is 8.48. The zero-order valence-electron chi connectivity index (χ0n) is 10.6. The molecule has 0 aliphatic heterocycles. The number of rotatable bonds is 4. The number of hydrogen-bond acceptors (Lipinski definition) is 6. The van der Waals surface area contributed by atoms with Gasteiger partial charge in [0, 0.05) is 16.8 Å². The zero-order valence-corrected chi connectivity index (χ0v) is 11.6. The Balaban J connectivity index is 0.000000364. The van der Waals surface area contributed by atoms with Crippen LogP contribution in [0.1, 0.15) is 0 Å². The summed E-state index contributed by atoms with van der Waals surface area (Å²) in [6.07, 6.45) is 0. The molecule has 0 amide bonds. The van der Waals surface area contributed by atoms with Crippen LogP contribution in [0.25, 0.3) is 0 Å². The Hall–Kier alpha value is -2.33. The molecule has 0 atom stereocenters. The third-order valence-corrected chi connectivity index (χ3v) is 2.13. The van der Waals surface area contributed by atoms with Crippen LogP contribution < -0.4 is 10.3 Å². The molecule has 0 aliphatic rings. The molecule has 2 aromatic rings. The van der Waals surface area contributed by atoms with Crippen molar-refractivity contribution in [3.05, 3.63) is 70.5 Å². The average molecular weight is 335 g/mol. The van der Waals surface area contributed by atoms with Gasteiger partial charge in [-0.15, -0.1) is 20.2 Å². The van der Waals surface area contributed by atoms with Gasteiger partial charge in [-0.1, -0.05) is 36.4 Å². The maximum atomic E-state index is 9.73. The summed E-state index contributed by atoms with van der Waals surface area (Å²) in [5.74, 6) is 0. The number of nitroso groups, excluding NO2 is 2. The van der Waals surface area contributed by atoms with Crippen LogP contribution in [-0.2, 0) is 16.8 Å². The molecule has 0 saturated heterocycles. The van der Waals surface area contributed by atoms with E-state index in [1.807, 2.05) is 0 Å². The van der Waals surface area contributed by atoms with E-state index in [-0.39, 0.29) is 27.1 Å². The van der Waals surface area contributed by atoms with Crippen LogP contribution in [0.2, 0.25) is 0 Å². The van der Waals surface area contributed by atoms with E-state index in [1.165, 1.54) is 0 Å². The molecule has 0 unspecified atom stereocenters. The number of hydrogen-bond donors (Lipinski definition) is 2. The van der Waals surface area contributed by atoms with E-state index in [1.54, 1.807) is 60.7 Å². The summed E-state index contributed by atoms with van der Waals surface area (Å²) in [6, 6.07) is 16.6. The molecule has 113 valence electrons. The first kappa shape index (κ1) is 18.7. The van der Waals surface area contributed by atoms with Crippen LogP contribution in [0.4, 0.5) is 11.4 Å². The Morgan fingerprint density at radius 1 is 0.667 bits per heavy atom. The summed E-state index contributed by atoms with van der Waals surface area (Å²) in [7, 11) is 0. The molecule has 2 rings (SSSR count). The summed E-state index contributed by atoms with van der Waals surface area (Å²) in [4.78, 5) is 19.5. The van der Waals surface area contributed by atoms with Gasteiger partial charge >= 0.3 is 0 Å². The van der Waals surface area contributed by atoms with E-state index in [0.29, 0.717) is 11.4 Å². The minimum absolute atomic E-state index is 0. The van der Waals surface area contributed by atoms with Crippen LogP contribution in [0.5, 0.6) is 0 Å². The number of nitrogens with zero attached hydrogens (tertiary/aromatic N) is 4. The van der Waals surface area contributed by atoms with Gasteiger partial charge in [-0.05, 0) is 24.3 Å². The van der Waals surface area contributed by atoms with Gasteiger partial charge < -0.3 is 0 Å². The summed E-state index contributed by atoms with van der Waals surface area (Å²) in [5, 5.41) is 22.5. The molecule has 2 N–H and O–H groups in total. The van der Waals surface area contributed by atoms with Crippen molar-refractivity contribution in [1.29, 1.82) is 0 Å². The molecular weight excluding hydrogens is 323 g/mol. The van der Waals surface area contributed by atoms with E-state index in [9.17, 15) is 9.81 Å². The van der Waals surface area contributed by atoms with Gasteiger partial charge in [-0.25, -0.2) is 0 Å².